The molecule has 3 heterocycles. The van der Waals surface area contributed by atoms with Crippen LogP contribution >= 0.6 is 27.7 Å². The Morgan fingerprint density at radius 2 is 1.83 bits per heavy atom. The summed E-state index contributed by atoms with van der Waals surface area (Å²) < 4.78 is 31.8. The molecule has 0 aliphatic carbocycles. The molecule has 1 aliphatic heterocycles. The molecule has 2 aromatic heterocycles. The van der Waals surface area contributed by atoms with Gasteiger partial charge in [0.1, 0.15) is 26.7 Å². The number of hydrogen-bond donors (Lipinski definition) is 2. The van der Waals surface area contributed by atoms with E-state index in [-0.39, 0.29) is 5.75 Å². The first-order chi connectivity index (χ1) is 14.4. The van der Waals surface area contributed by atoms with E-state index in [0.717, 1.165) is 32.2 Å². The Morgan fingerprint density at radius 1 is 1.03 bits per heavy atom. The van der Waals surface area contributed by atoms with Crippen LogP contribution in [0.5, 0.6) is 0 Å². The van der Waals surface area contributed by atoms with Gasteiger partial charge in [-0.25, -0.2) is 4.98 Å². The molecule has 2 N–H and O–H groups in total. The smallest absolute Gasteiger partial charge is 0.264 e. The fraction of sp³-hybridized carbons (Fsp3) is 0.158. The van der Waals surface area contributed by atoms with E-state index >= 15 is 0 Å². The van der Waals surface area contributed by atoms with E-state index in [1.807, 2.05) is 18.2 Å². The maximum absolute atomic E-state index is 11.1. The van der Waals surface area contributed by atoms with Gasteiger partial charge in [0.15, 0.2) is 0 Å². The normalized spacial score (nSPS) is 13.1. The van der Waals surface area contributed by atoms with E-state index in [1.54, 1.807) is 30.4 Å². The average Bonchev–Trinajstić information content (AvgIpc) is 2.72. The molecule has 0 saturated heterocycles. The van der Waals surface area contributed by atoms with Gasteiger partial charge in [-0.1, -0.05) is 23.9 Å². The van der Waals surface area contributed by atoms with Crippen molar-refractivity contribution in [2.75, 3.05) is 11.1 Å². The minimum absolute atomic E-state index is 0.270. The number of rotatable bonds is 4. The van der Waals surface area contributed by atoms with Crippen LogP contribution in [-0.4, -0.2) is 38.7 Å². The number of halogens is 1. The van der Waals surface area contributed by atoms with Gasteiger partial charge in [-0.2, -0.15) is 8.42 Å². The molecule has 30 heavy (non-hydrogen) atoms. The van der Waals surface area contributed by atoms with Gasteiger partial charge in [0, 0.05) is 17.3 Å². The predicted molar refractivity (Wildman–Crippen MR) is 119 cm³/mol. The summed E-state index contributed by atoms with van der Waals surface area (Å²) in [5, 5.41) is 3.47. The van der Waals surface area contributed by atoms with Crippen molar-refractivity contribution in [2.24, 2.45) is 0 Å². The summed E-state index contributed by atoms with van der Waals surface area (Å²) in [5.41, 5.74) is 5.49. The van der Waals surface area contributed by atoms with Gasteiger partial charge < -0.3 is 5.32 Å². The van der Waals surface area contributed by atoms with Crippen LogP contribution < -0.4 is 5.32 Å². The van der Waals surface area contributed by atoms with E-state index in [4.69, 9.17) is 4.55 Å². The molecule has 0 saturated carbocycles. The lowest BCUT2D eigenvalue weighted by Gasteiger charge is -2.24. The van der Waals surface area contributed by atoms with Crippen LogP contribution in [-0.2, 0) is 16.5 Å². The number of nitrogens with zero attached hydrogens (tertiary/aromatic N) is 4. The van der Waals surface area contributed by atoms with Gasteiger partial charge in [0.05, 0.1) is 28.2 Å². The topological polar surface area (TPSA) is 118 Å². The van der Waals surface area contributed by atoms with E-state index in [1.165, 1.54) is 0 Å². The summed E-state index contributed by atoms with van der Waals surface area (Å²) in [4.78, 5) is 20.1. The van der Waals surface area contributed by atoms with Gasteiger partial charge in [-0.3, -0.25) is 19.5 Å². The molecule has 5 rings (SSSR count). The molecule has 0 spiro atoms. The van der Waals surface area contributed by atoms with Crippen LogP contribution in [0.1, 0.15) is 12.0 Å². The Labute approximate surface area is 184 Å². The largest absolute Gasteiger partial charge is 0.352 e. The molecule has 0 radical (unpaired) electrons. The predicted octanol–water partition coefficient (Wildman–Crippen LogP) is 4.36. The second kappa shape index (κ2) is 7.41. The van der Waals surface area contributed by atoms with Crippen molar-refractivity contribution in [1.82, 2.24) is 19.9 Å². The van der Waals surface area contributed by atoms with Crippen molar-refractivity contribution in [3.8, 4) is 0 Å². The number of aryl methyl sites for hydroxylation is 1. The van der Waals surface area contributed by atoms with Crippen molar-refractivity contribution >= 4 is 71.3 Å². The van der Waals surface area contributed by atoms with Crippen molar-refractivity contribution in [3.63, 3.8) is 0 Å². The van der Waals surface area contributed by atoms with Gasteiger partial charge in [-0.15, -0.1) is 0 Å². The lowest BCUT2D eigenvalue weighted by atomic mass is 10.1. The molecule has 0 bridgehead atoms. The van der Waals surface area contributed by atoms with E-state index in [0.29, 0.717) is 34.0 Å². The van der Waals surface area contributed by atoms with Crippen LogP contribution in [0.2, 0.25) is 0 Å². The summed E-state index contributed by atoms with van der Waals surface area (Å²) in [6.07, 6.45) is 5.79. The Bertz CT molecular complexity index is 1430. The maximum atomic E-state index is 11.1. The molecule has 152 valence electrons. The standard InChI is InChI=1S/C19H14BrN5O3S2/c20-12-9-23-16-15(25-12)13-14(22-7-6-21-13)17-19(16)29-18-10(3-1-5-11(18)24-17)4-2-8-30(26,27)28/h1,3,5-7,9,24H,2,4,8H2,(H,26,27,28). The minimum atomic E-state index is -3.98. The number of benzene rings is 2. The first kappa shape index (κ1) is 19.6. The van der Waals surface area contributed by atoms with Gasteiger partial charge >= 0.3 is 0 Å². The highest BCUT2D eigenvalue weighted by molar-refractivity contribution is 9.10. The van der Waals surface area contributed by atoms with Crippen LogP contribution in [0.3, 0.4) is 0 Å². The number of nitrogens with one attached hydrogen (secondary N) is 1. The quantitative estimate of drug-likeness (QED) is 0.272. The van der Waals surface area contributed by atoms with E-state index in [2.05, 4.69) is 41.2 Å². The third-order valence-electron chi connectivity index (χ3n) is 4.75. The molecule has 4 aromatic rings. The lowest BCUT2D eigenvalue weighted by Crippen LogP contribution is -2.08. The molecule has 0 unspecified atom stereocenters. The number of aromatic nitrogens is 4. The van der Waals surface area contributed by atoms with Crippen LogP contribution in [0.4, 0.5) is 11.4 Å². The average molecular weight is 504 g/mol. The number of hydrogen-bond acceptors (Lipinski definition) is 8. The zero-order valence-corrected chi connectivity index (χ0v) is 18.6. The van der Waals surface area contributed by atoms with E-state index in [9.17, 15) is 8.42 Å². The van der Waals surface area contributed by atoms with E-state index < -0.39 is 10.1 Å². The molecule has 0 atom stereocenters. The van der Waals surface area contributed by atoms with Gasteiger partial charge in [-0.05, 0) is 40.4 Å². The van der Waals surface area contributed by atoms with Crippen molar-refractivity contribution < 1.29 is 13.0 Å². The highest BCUT2D eigenvalue weighted by atomic mass is 79.9. The first-order valence-electron chi connectivity index (χ1n) is 9.01. The Balaban J connectivity index is 1.65. The summed E-state index contributed by atoms with van der Waals surface area (Å²) in [6, 6.07) is 5.86. The highest BCUT2D eigenvalue weighted by Crippen LogP contribution is 2.50. The fourth-order valence-electron chi connectivity index (χ4n) is 3.52. The molecule has 2 aromatic carbocycles. The molecule has 11 heteroatoms. The zero-order chi connectivity index (χ0) is 20.9. The molecular weight excluding hydrogens is 490 g/mol. The first-order valence-corrected chi connectivity index (χ1v) is 12.2. The van der Waals surface area contributed by atoms with Crippen molar-refractivity contribution in [2.45, 2.75) is 22.6 Å². The molecule has 1 aliphatic rings. The summed E-state index contributed by atoms with van der Waals surface area (Å²) in [7, 11) is -3.98. The molecule has 0 amide bonds. The second-order valence-corrected chi connectivity index (χ2v) is 10.2. The summed E-state index contributed by atoms with van der Waals surface area (Å²) in [5.74, 6) is -0.270. The zero-order valence-electron chi connectivity index (χ0n) is 15.3. The second-order valence-electron chi connectivity index (χ2n) is 6.76. The summed E-state index contributed by atoms with van der Waals surface area (Å²) in [6.45, 7) is 0. The Hall–Kier alpha value is -2.34. The monoisotopic (exact) mass is 503 g/mol. The third-order valence-corrected chi connectivity index (χ3v) is 7.23. The molecular formula is C19H14BrN5O3S2. The fourth-order valence-corrected chi connectivity index (χ4v) is 5.54. The highest BCUT2D eigenvalue weighted by Gasteiger charge is 2.26. The van der Waals surface area contributed by atoms with Gasteiger partial charge in [0.25, 0.3) is 10.1 Å². The number of fused-ring (bicyclic) bond motifs is 7. The van der Waals surface area contributed by atoms with Crippen molar-refractivity contribution in [3.05, 3.63) is 47.0 Å². The number of anilines is 2. The molecule has 8 nitrogen and oxygen atoms in total. The third kappa shape index (κ3) is 3.51. The minimum Gasteiger partial charge on any atom is -0.352 e. The Kier molecular flexibility index (Phi) is 4.85. The Morgan fingerprint density at radius 3 is 2.63 bits per heavy atom. The van der Waals surface area contributed by atoms with Crippen molar-refractivity contribution in [1.29, 1.82) is 0 Å². The van der Waals surface area contributed by atoms with Gasteiger partial charge in [0.2, 0.25) is 0 Å². The van der Waals surface area contributed by atoms with Crippen LogP contribution in [0.25, 0.3) is 22.1 Å². The van der Waals surface area contributed by atoms with Crippen LogP contribution in [0, 0.1) is 0 Å². The van der Waals surface area contributed by atoms with Crippen LogP contribution in [0.15, 0.2) is 51.2 Å². The lowest BCUT2D eigenvalue weighted by molar-refractivity contribution is 0.481. The molecule has 0 fully saturated rings. The summed E-state index contributed by atoms with van der Waals surface area (Å²) >= 11 is 4.94. The maximum Gasteiger partial charge on any atom is 0.264 e. The SMILES string of the molecule is O=S(=O)(O)CCCc1cccc2c1Sc1c(c3nccnc3c3nc(Br)cnc13)N2.